The molecule has 2 amide bonds. The predicted octanol–water partition coefficient (Wildman–Crippen LogP) is 3.88. The molecule has 0 saturated carbocycles. The van der Waals surface area contributed by atoms with Crippen LogP contribution < -0.4 is 20.4 Å². The molecule has 0 unspecified atom stereocenters. The number of halogens is 3. The van der Waals surface area contributed by atoms with E-state index >= 15 is 0 Å². The van der Waals surface area contributed by atoms with Crippen LogP contribution in [0.3, 0.4) is 0 Å². The summed E-state index contributed by atoms with van der Waals surface area (Å²) < 4.78 is 45.5. The summed E-state index contributed by atoms with van der Waals surface area (Å²) in [7, 11) is 0. The molecule has 2 aromatic heterocycles. The minimum Gasteiger partial charge on any atom is -0.380 e. The third-order valence-electron chi connectivity index (χ3n) is 6.52. The summed E-state index contributed by atoms with van der Waals surface area (Å²) in [6.45, 7) is 5.76. The zero-order valence-electron chi connectivity index (χ0n) is 21.5. The standard InChI is InChI=1S/C26H29F3N8O2/c1-2-30-25(38)32-18-6-4-17(5-7-18)22-33-20-16-37(24-31-10-8-21(34-24)26(27,28)29)12-9-19(20)23(35-22)36-11-3-14-39-15-13-36/h4-8,10H,2-3,9,11-16H2,1H3,(H2,30,32,38). The fourth-order valence-corrected chi connectivity index (χ4v) is 4.63. The van der Waals surface area contributed by atoms with Crippen molar-refractivity contribution in [2.75, 3.05) is 54.5 Å². The number of nitrogens with one attached hydrogen (secondary N) is 2. The van der Waals surface area contributed by atoms with Gasteiger partial charge in [-0.25, -0.2) is 24.7 Å². The Morgan fingerprint density at radius 1 is 1.03 bits per heavy atom. The monoisotopic (exact) mass is 542 g/mol. The minimum absolute atomic E-state index is 0.0149. The number of alkyl halides is 3. The van der Waals surface area contributed by atoms with Gasteiger partial charge in [0.15, 0.2) is 5.82 Å². The van der Waals surface area contributed by atoms with Gasteiger partial charge in [-0.05, 0) is 50.1 Å². The summed E-state index contributed by atoms with van der Waals surface area (Å²) in [4.78, 5) is 33.4. The molecular weight excluding hydrogens is 513 g/mol. The van der Waals surface area contributed by atoms with Crippen molar-refractivity contribution in [2.45, 2.75) is 32.5 Å². The summed E-state index contributed by atoms with van der Waals surface area (Å²) in [5, 5.41) is 5.45. The van der Waals surface area contributed by atoms with Crippen molar-refractivity contribution in [2.24, 2.45) is 0 Å². The molecule has 0 radical (unpaired) electrons. The van der Waals surface area contributed by atoms with E-state index in [2.05, 4.69) is 25.5 Å². The van der Waals surface area contributed by atoms with Crippen LogP contribution in [0.15, 0.2) is 36.5 Å². The van der Waals surface area contributed by atoms with Crippen LogP contribution in [-0.2, 0) is 23.9 Å². The molecule has 0 bridgehead atoms. The smallest absolute Gasteiger partial charge is 0.380 e. The molecule has 1 fully saturated rings. The molecule has 206 valence electrons. The van der Waals surface area contributed by atoms with Gasteiger partial charge >= 0.3 is 12.2 Å². The van der Waals surface area contributed by atoms with E-state index in [0.717, 1.165) is 47.9 Å². The first kappa shape index (κ1) is 26.6. The Labute approximate surface area is 223 Å². The lowest BCUT2D eigenvalue weighted by Gasteiger charge is -2.32. The van der Waals surface area contributed by atoms with E-state index in [1.165, 1.54) is 0 Å². The van der Waals surface area contributed by atoms with Crippen LogP contribution in [0.25, 0.3) is 11.4 Å². The number of rotatable bonds is 5. The van der Waals surface area contributed by atoms with Crippen LogP contribution in [0, 0.1) is 0 Å². The van der Waals surface area contributed by atoms with Crippen molar-refractivity contribution in [1.82, 2.24) is 25.3 Å². The molecular formula is C26H29F3N8O2. The molecule has 39 heavy (non-hydrogen) atoms. The van der Waals surface area contributed by atoms with Gasteiger partial charge in [-0.15, -0.1) is 0 Å². The quantitative estimate of drug-likeness (QED) is 0.500. The summed E-state index contributed by atoms with van der Waals surface area (Å²) in [6, 6.07) is 7.78. The van der Waals surface area contributed by atoms with Crippen LogP contribution >= 0.6 is 0 Å². The van der Waals surface area contributed by atoms with Gasteiger partial charge in [-0.2, -0.15) is 13.2 Å². The highest BCUT2D eigenvalue weighted by molar-refractivity contribution is 5.89. The van der Waals surface area contributed by atoms with Gasteiger partial charge in [-0.3, -0.25) is 0 Å². The number of nitrogens with zero attached hydrogens (tertiary/aromatic N) is 6. The van der Waals surface area contributed by atoms with Gasteiger partial charge in [0.1, 0.15) is 11.5 Å². The van der Waals surface area contributed by atoms with Gasteiger partial charge in [0.2, 0.25) is 5.95 Å². The Balaban J connectivity index is 1.48. The highest BCUT2D eigenvalue weighted by atomic mass is 19.4. The molecule has 1 aromatic carbocycles. The average molecular weight is 543 g/mol. The van der Waals surface area contributed by atoms with E-state index in [1.54, 1.807) is 17.0 Å². The Hall–Kier alpha value is -4.00. The maximum Gasteiger partial charge on any atom is 0.433 e. The number of aromatic nitrogens is 4. The van der Waals surface area contributed by atoms with Crippen LogP contribution in [0.5, 0.6) is 0 Å². The predicted molar refractivity (Wildman–Crippen MR) is 140 cm³/mol. The first-order chi connectivity index (χ1) is 18.8. The zero-order valence-corrected chi connectivity index (χ0v) is 21.5. The summed E-state index contributed by atoms with van der Waals surface area (Å²) in [5.74, 6) is 1.32. The number of anilines is 3. The maximum atomic E-state index is 13.3. The van der Waals surface area contributed by atoms with Crippen molar-refractivity contribution >= 4 is 23.5 Å². The summed E-state index contributed by atoms with van der Waals surface area (Å²) in [6.07, 6.45) is -2.03. The molecule has 13 heteroatoms. The fraction of sp³-hybridized carbons (Fsp3) is 0.423. The number of amides is 2. The minimum atomic E-state index is -4.55. The molecule has 1 saturated heterocycles. The van der Waals surface area contributed by atoms with Gasteiger partial charge in [0.25, 0.3) is 0 Å². The molecule has 2 aliphatic heterocycles. The van der Waals surface area contributed by atoms with Crippen molar-refractivity contribution in [3.05, 3.63) is 53.5 Å². The van der Waals surface area contributed by atoms with Gasteiger partial charge in [0.05, 0.1) is 18.8 Å². The number of carbonyl (C=O) groups excluding carboxylic acids is 1. The second-order valence-corrected chi connectivity index (χ2v) is 9.22. The number of fused-ring (bicyclic) bond motifs is 1. The van der Waals surface area contributed by atoms with E-state index < -0.39 is 11.9 Å². The molecule has 0 atom stereocenters. The molecule has 2 N–H and O–H groups in total. The number of benzene rings is 1. The van der Waals surface area contributed by atoms with Crippen molar-refractivity contribution in [3.63, 3.8) is 0 Å². The SMILES string of the molecule is CCNC(=O)Nc1ccc(-c2nc3c(c(N4CCCOCC4)n2)CCN(c2nccc(C(F)(F)F)n2)C3)cc1. The Morgan fingerprint density at radius 3 is 2.62 bits per heavy atom. The lowest BCUT2D eigenvalue weighted by atomic mass is 10.0. The number of hydrogen-bond acceptors (Lipinski definition) is 8. The van der Waals surface area contributed by atoms with Crippen molar-refractivity contribution in [3.8, 4) is 11.4 Å². The van der Waals surface area contributed by atoms with Gasteiger partial charge in [0, 0.05) is 55.8 Å². The first-order valence-corrected chi connectivity index (χ1v) is 12.8. The summed E-state index contributed by atoms with van der Waals surface area (Å²) in [5.41, 5.74) is 2.09. The van der Waals surface area contributed by atoms with Gasteiger partial charge in [-0.1, -0.05) is 0 Å². The second kappa shape index (κ2) is 11.4. The molecule has 0 spiro atoms. The van der Waals surface area contributed by atoms with Crippen LogP contribution in [0.1, 0.15) is 30.3 Å². The maximum absolute atomic E-state index is 13.3. The highest BCUT2D eigenvalue weighted by Gasteiger charge is 2.34. The normalized spacial score (nSPS) is 15.9. The Kier molecular flexibility index (Phi) is 7.77. The first-order valence-electron chi connectivity index (χ1n) is 12.8. The second-order valence-electron chi connectivity index (χ2n) is 9.22. The number of urea groups is 1. The van der Waals surface area contributed by atoms with E-state index in [1.807, 2.05) is 19.1 Å². The van der Waals surface area contributed by atoms with Crippen LogP contribution in [0.2, 0.25) is 0 Å². The van der Waals surface area contributed by atoms with Crippen LogP contribution in [0.4, 0.5) is 35.4 Å². The fourth-order valence-electron chi connectivity index (χ4n) is 4.63. The number of hydrogen-bond donors (Lipinski definition) is 2. The number of ether oxygens (including phenoxy) is 1. The lowest BCUT2D eigenvalue weighted by molar-refractivity contribution is -0.141. The lowest BCUT2D eigenvalue weighted by Crippen LogP contribution is -2.36. The van der Waals surface area contributed by atoms with Crippen molar-refractivity contribution < 1.29 is 22.7 Å². The van der Waals surface area contributed by atoms with Gasteiger partial charge < -0.3 is 25.2 Å². The van der Waals surface area contributed by atoms with E-state index in [9.17, 15) is 18.0 Å². The average Bonchev–Trinajstić information content (AvgIpc) is 3.22. The van der Waals surface area contributed by atoms with Crippen molar-refractivity contribution in [1.29, 1.82) is 0 Å². The molecule has 5 rings (SSSR count). The molecule has 0 aliphatic carbocycles. The van der Waals surface area contributed by atoms with E-state index in [-0.39, 0.29) is 18.5 Å². The Morgan fingerprint density at radius 2 is 1.85 bits per heavy atom. The third kappa shape index (κ3) is 6.19. The van der Waals surface area contributed by atoms with E-state index in [0.29, 0.717) is 50.8 Å². The molecule has 3 aromatic rings. The zero-order chi connectivity index (χ0) is 27.4. The van der Waals surface area contributed by atoms with Crippen LogP contribution in [-0.4, -0.2) is 65.4 Å². The molecule has 4 heterocycles. The largest absolute Gasteiger partial charge is 0.433 e. The highest BCUT2D eigenvalue weighted by Crippen LogP contribution is 2.33. The van der Waals surface area contributed by atoms with E-state index in [4.69, 9.17) is 14.7 Å². The number of carbonyl (C=O) groups is 1. The molecule has 2 aliphatic rings. The molecule has 10 nitrogen and oxygen atoms in total. The Bertz CT molecular complexity index is 1310. The topological polar surface area (TPSA) is 108 Å². The summed E-state index contributed by atoms with van der Waals surface area (Å²) >= 11 is 0. The third-order valence-corrected chi connectivity index (χ3v) is 6.52.